The summed E-state index contributed by atoms with van der Waals surface area (Å²) in [5.41, 5.74) is 0.955. The van der Waals surface area contributed by atoms with Crippen LogP contribution in [0.2, 0.25) is 5.04 Å². The Balaban J connectivity index is 1.99. The molecule has 2 aromatic rings. The van der Waals surface area contributed by atoms with E-state index < -0.39 is 8.32 Å². The van der Waals surface area contributed by atoms with Crippen molar-refractivity contribution in [3.8, 4) is 0 Å². The van der Waals surface area contributed by atoms with Gasteiger partial charge in [0.15, 0.2) is 0 Å². The zero-order valence-electron chi connectivity index (χ0n) is 18.1. The Kier molecular flexibility index (Phi) is 7.27. The number of oxime groups is 1. The van der Waals surface area contributed by atoms with E-state index in [0.717, 1.165) is 25.2 Å². The van der Waals surface area contributed by atoms with Crippen LogP contribution in [0, 0.1) is 0 Å². The summed E-state index contributed by atoms with van der Waals surface area (Å²) in [6.07, 6.45) is 1.72. The lowest BCUT2D eigenvalue weighted by Gasteiger charge is -2.44. The van der Waals surface area contributed by atoms with Gasteiger partial charge in [-0.15, -0.1) is 0 Å². The zero-order chi connectivity index (χ0) is 20.7. The van der Waals surface area contributed by atoms with Gasteiger partial charge in [-0.05, 0) is 35.2 Å². The second-order valence-corrected chi connectivity index (χ2v) is 12.7. The van der Waals surface area contributed by atoms with Gasteiger partial charge in [0, 0.05) is 6.61 Å². The van der Waals surface area contributed by atoms with Crippen molar-refractivity contribution in [2.75, 3.05) is 19.8 Å². The van der Waals surface area contributed by atoms with Crippen molar-refractivity contribution < 1.29 is 14.0 Å². The van der Waals surface area contributed by atoms with E-state index in [1.165, 1.54) is 10.4 Å². The first-order valence-corrected chi connectivity index (χ1v) is 12.4. The van der Waals surface area contributed by atoms with Crippen LogP contribution in [0.3, 0.4) is 0 Å². The molecule has 0 spiro atoms. The Hall–Kier alpha value is -1.95. The van der Waals surface area contributed by atoms with Crippen LogP contribution in [0.1, 0.15) is 40.5 Å². The average Bonchev–Trinajstić information content (AvgIpc) is 2.74. The van der Waals surface area contributed by atoms with Crippen LogP contribution in [0.15, 0.2) is 65.8 Å². The second-order valence-electron chi connectivity index (χ2n) is 8.44. The molecule has 2 aromatic carbocycles. The van der Waals surface area contributed by atoms with Crippen molar-refractivity contribution in [2.24, 2.45) is 5.16 Å². The Morgan fingerprint density at radius 3 is 2.10 bits per heavy atom. The maximum absolute atomic E-state index is 6.99. The molecule has 1 unspecified atom stereocenters. The number of hydrogen-bond donors (Lipinski definition) is 0. The van der Waals surface area contributed by atoms with Crippen molar-refractivity contribution in [1.29, 1.82) is 0 Å². The minimum absolute atomic E-state index is 0.0540. The lowest BCUT2D eigenvalue weighted by atomic mass is 10.1. The average molecular weight is 412 g/mol. The molecule has 1 aliphatic rings. The molecule has 29 heavy (non-hydrogen) atoms. The number of nitrogens with zero attached hydrogens (tertiary/aromatic N) is 1. The molecule has 0 bridgehead atoms. The highest BCUT2D eigenvalue weighted by molar-refractivity contribution is 6.99. The predicted octanol–water partition coefficient (Wildman–Crippen LogP) is 4.13. The van der Waals surface area contributed by atoms with Gasteiger partial charge in [0.25, 0.3) is 8.32 Å². The van der Waals surface area contributed by atoms with Crippen LogP contribution in [0.25, 0.3) is 0 Å². The van der Waals surface area contributed by atoms with Crippen LogP contribution in [-0.4, -0.2) is 40.0 Å². The molecule has 0 N–H and O–H groups in total. The van der Waals surface area contributed by atoms with Gasteiger partial charge in [-0.2, -0.15) is 0 Å². The summed E-state index contributed by atoms with van der Waals surface area (Å²) >= 11 is 0. The van der Waals surface area contributed by atoms with Crippen molar-refractivity contribution in [3.05, 3.63) is 60.7 Å². The number of ether oxygens (including phenoxy) is 1. The zero-order valence-corrected chi connectivity index (χ0v) is 19.1. The van der Waals surface area contributed by atoms with E-state index in [-0.39, 0.29) is 11.1 Å². The number of rotatable bonds is 7. The lowest BCUT2D eigenvalue weighted by molar-refractivity contribution is 0.0401. The molecule has 1 atom stereocenters. The summed E-state index contributed by atoms with van der Waals surface area (Å²) in [6.45, 7) is 10.6. The smallest absolute Gasteiger partial charge is 0.261 e. The van der Waals surface area contributed by atoms with Crippen LogP contribution < -0.4 is 10.4 Å². The maximum Gasteiger partial charge on any atom is 0.261 e. The van der Waals surface area contributed by atoms with Gasteiger partial charge in [-0.25, -0.2) is 0 Å². The molecule has 156 valence electrons. The molecule has 3 rings (SSSR count). The van der Waals surface area contributed by atoms with Crippen LogP contribution in [-0.2, 0) is 14.0 Å². The fourth-order valence-corrected chi connectivity index (χ4v) is 8.65. The van der Waals surface area contributed by atoms with Gasteiger partial charge in [0.2, 0.25) is 0 Å². The molecule has 1 saturated heterocycles. The third-order valence-electron chi connectivity index (χ3n) is 5.45. The first-order valence-electron chi connectivity index (χ1n) is 10.5. The number of hydrogen-bond acceptors (Lipinski definition) is 4. The first kappa shape index (κ1) is 21.7. The molecule has 0 radical (unpaired) electrons. The molecule has 0 saturated carbocycles. The van der Waals surface area contributed by atoms with Crippen molar-refractivity contribution in [3.63, 3.8) is 0 Å². The maximum atomic E-state index is 6.99. The topological polar surface area (TPSA) is 40.0 Å². The standard InChI is InChI=1S/C24H33NO3Si/c1-5-27-25-22-17-12-18-26-23(22)19-28-29(24(2,3)4,20-13-8-6-9-14-20)21-15-10-7-11-16-21/h6-11,13-16,23H,5,12,17-19H2,1-4H3. The molecule has 0 amide bonds. The summed E-state index contributed by atoms with van der Waals surface area (Å²) in [5.74, 6) is 0. The fraction of sp³-hybridized carbons (Fsp3) is 0.458. The van der Waals surface area contributed by atoms with Gasteiger partial charge >= 0.3 is 0 Å². The van der Waals surface area contributed by atoms with E-state index in [4.69, 9.17) is 14.0 Å². The fourth-order valence-electron chi connectivity index (χ4n) is 4.09. The monoisotopic (exact) mass is 411 g/mol. The van der Waals surface area contributed by atoms with Crippen LogP contribution >= 0.6 is 0 Å². The van der Waals surface area contributed by atoms with E-state index in [2.05, 4.69) is 86.6 Å². The Labute approximate surface area is 176 Å². The molecule has 1 fully saturated rings. The summed E-state index contributed by atoms with van der Waals surface area (Å²) in [4.78, 5) is 5.34. The van der Waals surface area contributed by atoms with Gasteiger partial charge in [-0.3, -0.25) is 0 Å². The Morgan fingerprint density at radius 2 is 1.59 bits per heavy atom. The van der Waals surface area contributed by atoms with Gasteiger partial charge in [0.1, 0.15) is 12.7 Å². The van der Waals surface area contributed by atoms with E-state index >= 15 is 0 Å². The van der Waals surface area contributed by atoms with E-state index in [9.17, 15) is 0 Å². The van der Waals surface area contributed by atoms with Gasteiger partial charge < -0.3 is 14.0 Å². The number of benzene rings is 2. The Bertz CT molecular complexity index is 747. The molecule has 1 aliphatic heterocycles. The van der Waals surface area contributed by atoms with Gasteiger partial charge in [-0.1, -0.05) is 86.6 Å². The second kappa shape index (κ2) is 9.70. The third-order valence-corrected chi connectivity index (χ3v) is 10.5. The summed E-state index contributed by atoms with van der Waals surface area (Å²) in [5, 5.41) is 6.82. The predicted molar refractivity (Wildman–Crippen MR) is 122 cm³/mol. The van der Waals surface area contributed by atoms with Crippen molar-refractivity contribution >= 4 is 24.4 Å². The summed E-state index contributed by atoms with van der Waals surface area (Å²) in [6, 6.07) is 21.4. The SMILES string of the molecule is CCON=C1CCCOC1CO[Si](c1ccccc1)(c1ccccc1)C(C)(C)C. The summed E-state index contributed by atoms with van der Waals surface area (Å²) in [7, 11) is -2.57. The highest BCUT2D eigenvalue weighted by atomic mass is 28.4. The minimum Gasteiger partial charge on any atom is -0.404 e. The summed E-state index contributed by atoms with van der Waals surface area (Å²) < 4.78 is 13.0. The normalized spacial score (nSPS) is 19.3. The van der Waals surface area contributed by atoms with Crippen molar-refractivity contribution in [2.45, 2.75) is 51.7 Å². The highest BCUT2D eigenvalue weighted by Gasteiger charge is 2.50. The molecule has 1 heterocycles. The van der Waals surface area contributed by atoms with Gasteiger partial charge in [0.05, 0.1) is 12.3 Å². The largest absolute Gasteiger partial charge is 0.404 e. The highest BCUT2D eigenvalue weighted by Crippen LogP contribution is 2.37. The molecule has 5 heteroatoms. The first-order chi connectivity index (χ1) is 14.0. The quantitative estimate of drug-likeness (QED) is 0.508. The lowest BCUT2D eigenvalue weighted by Crippen LogP contribution is -2.67. The van der Waals surface area contributed by atoms with Crippen LogP contribution in [0.5, 0.6) is 0 Å². The van der Waals surface area contributed by atoms with Crippen molar-refractivity contribution in [1.82, 2.24) is 0 Å². The van der Waals surface area contributed by atoms with E-state index in [1.54, 1.807) is 0 Å². The minimum atomic E-state index is -2.57. The Morgan fingerprint density at radius 1 is 1.00 bits per heavy atom. The molecule has 0 aliphatic carbocycles. The van der Waals surface area contributed by atoms with Crippen LogP contribution in [0.4, 0.5) is 0 Å². The molecular weight excluding hydrogens is 378 g/mol. The molecule has 4 nitrogen and oxygen atoms in total. The molecule has 0 aromatic heterocycles. The van der Waals surface area contributed by atoms with E-state index in [0.29, 0.717) is 13.2 Å². The third kappa shape index (κ3) is 4.79. The van der Waals surface area contributed by atoms with E-state index in [1.807, 2.05) is 6.92 Å². The molecular formula is C24H33NO3Si.